The second-order valence-electron chi connectivity index (χ2n) is 7.76. The van der Waals surface area contributed by atoms with Crippen LogP contribution in [0.5, 0.6) is 6.01 Å². The van der Waals surface area contributed by atoms with Gasteiger partial charge in [0, 0.05) is 23.4 Å². The summed E-state index contributed by atoms with van der Waals surface area (Å²) < 4.78 is 64.5. The van der Waals surface area contributed by atoms with Gasteiger partial charge in [-0.15, -0.1) is 5.10 Å². The van der Waals surface area contributed by atoms with E-state index in [1.165, 1.54) is 41.1 Å². The molecule has 1 aromatic heterocycles. The van der Waals surface area contributed by atoms with Crippen LogP contribution in [0, 0.1) is 5.82 Å². The molecule has 1 N–H and O–H groups in total. The maximum Gasteiger partial charge on any atom is 0.416 e. The largest absolute Gasteiger partial charge is 0.460 e. The summed E-state index contributed by atoms with van der Waals surface area (Å²) >= 11 is 0. The Kier molecular flexibility index (Phi) is 7.83. The molecule has 0 radical (unpaired) electrons. The molecule has 0 bridgehead atoms. The van der Waals surface area contributed by atoms with E-state index in [9.17, 15) is 22.4 Å². The van der Waals surface area contributed by atoms with E-state index in [0.29, 0.717) is 30.2 Å². The summed E-state index contributed by atoms with van der Waals surface area (Å²) in [7, 11) is 0. The molecule has 0 aliphatic carbocycles. The van der Waals surface area contributed by atoms with Crippen LogP contribution in [0.25, 0.3) is 17.1 Å². The molecule has 3 aromatic carbocycles. The monoisotopic (exact) mass is 514 g/mol. The minimum atomic E-state index is -4.48. The van der Waals surface area contributed by atoms with Crippen LogP contribution in [0.1, 0.15) is 22.8 Å². The lowest BCUT2D eigenvalue weighted by Gasteiger charge is -2.10. The smallest absolute Gasteiger partial charge is 0.416 e. The summed E-state index contributed by atoms with van der Waals surface area (Å²) in [6.45, 7) is 2.85. The van der Waals surface area contributed by atoms with Gasteiger partial charge in [0.25, 0.3) is 5.91 Å². The second kappa shape index (κ2) is 11.2. The van der Waals surface area contributed by atoms with Crippen molar-refractivity contribution in [1.29, 1.82) is 0 Å². The Bertz CT molecular complexity index is 1350. The minimum absolute atomic E-state index is 0.00958. The van der Waals surface area contributed by atoms with Crippen LogP contribution >= 0.6 is 0 Å². The van der Waals surface area contributed by atoms with Crippen LogP contribution in [-0.2, 0) is 10.9 Å². The van der Waals surface area contributed by atoms with E-state index in [2.05, 4.69) is 15.4 Å². The van der Waals surface area contributed by atoms with Gasteiger partial charge in [0.1, 0.15) is 12.4 Å². The van der Waals surface area contributed by atoms with Gasteiger partial charge in [0.05, 0.1) is 17.9 Å². The number of amides is 1. The maximum atomic E-state index is 13.2. The third-order valence-electron chi connectivity index (χ3n) is 5.18. The number of hydrogen-bond acceptors (Lipinski definition) is 5. The molecule has 37 heavy (non-hydrogen) atoms. The van der Waals surface area contributed by atoms with E-state index in [1.807, 2.05) is 6.92 Å². The van der Waals surface area contributed by atoms with E-state index >= 15 is 0 Å². The standard InChI is InChI=1S/C26H22F4N4O3/c1-2-36-14-15-37-25-32-23(17-6-10-19(11-7-17)26(28,29)30)34(33-25)22-5-3-4-21(16-22)31-24(35)18-8-12-20(27)13-9-18/h3-13,16H,2,14-15H2,1H3,(H,31,35). The molecule has 0 unspecified atom stereocenters. The molecule has 7 nitrogen and oxygen atoms in total. The molecular weight excluding hydrogens is 492 g/mol. The Morgan fingerprint density at radius 1 is 1.00 bits per heavy atom. The van der Waals surface area contributed by atoms with Crippen LogP contribution in [0.15, 0.2) is 72.8 Å². The normalized spacial score (nSPS) is 11.4. The summed E-state index contributed by atoms with van der Waals surface area (Å²) in [6, 6.07) is 16.3. The SMILES string of the molecule is CCOCCOc1nc(-c2ccc(C(F)(F)F)cc2)n(-c2cccc(NC(=O)c3ccc(F)cc3)c2)n1. The number of alkyl halides is 3. The third-order valence-corrected chi connectivity index (χ3v) is 5.18. The summed E-state index contributed by atoms with van der Waals surface area (Å²) in [5.41, 5.74) is 0.739. The van der Waals surface area contributed by atoms with E-state index < -0.39 is 23.5 Å². The van der Waals surface area contributed by atoms with Gasteiger partial charge in [0.2, 0.25) is 0 Å². The van der Waals surface area contributed by atoms with Crippen molar-refractivity contribution in [2.24, 2.45) is 0 Å². The fourth-order valence-corrected chi connectivity index (χ4v) is 3.39. The van der Waals surface area contributed by atoms with Crippen LogP contribution in [0.4, 0.5) is 23.2 Å². The number of halogens is 4. The van der Waals surface area contributed by atoms with Crippen molar-refractivity contribution in [2.75, 3.05) is 25.1 Å². The van der Waals surface area contributed by atoms with E-state index in [0.717, 1.165) is 12.1 Å². The fourth-order valence-electron chi connectivity index (χ4n) is 3.39. The van der Waals surface area contributed by atoms with Crippen molar-refractivity contribution in [3.63, 3.8) is 0 Å². The van der Waals surface area contributed by atoms with Gasteiger partial charge in [-0.1, -0.05) is 18.2 Å². The Hall–Kier alpha value is -4.25. The van der Waals surface area contributed by atoms with Crippen LogP contribution in [0.2, 0.25) is 0 Å². The molecule has 0 saturated carbocycles. The number of ether oxygens (including phenoxy) is 2. The van der Waals surface area contributed by atoms with E-state index in [-0.39, 0.29) is 24.0 Å². The lowest BCUT2D eigenvalue weighted by atomic mass is 10.1. The number of aromatic nitrogens is 3. The molecule has 0 aliphatic heterocycles. The molecule has 1 amide bonds. The first-order valence-electron chi connectivity index (χ1n) is 11.3. The fraction of sp³-hybridized carbons (Fsp3) is 0.192. The average Bonchev–Trinajstić information content (AvgIpc) is 3.31. The number of nitrogens with zero attached hydrogens (tertiary/aromatic N) is 3. The van der Waals surface area contributed by atoms with Crippen molar-refractivity contribution >= 4 is 11.6 Å². The third kappa shape index (κ3) is 6.50. The molecule has 0 spiro atoms. The van der Waals surface area contributed by atoms with Crippen LogP contribution in [-0.4, -0.2) is 40.5 Å². The Morgan fingerprint density at radius 2 is 1.73 bits per heavy atom. The van der Waals surface area contributed by atoms with Gasteiger partial charge in [-0.2, -0.15) is 18.2 Å². The Morgan fingerprint density at radius 3 is 2.41 bits per heavy atom. The number of carbonyl (C=O) groups excluding carboxylic acids is 1. The summed E-state index contributed by atoms with van der Waals surface area (Å²) in [5, 5.41) is 7.10. The zero-order chi connectivity index (χ0) is 26.4. The summed E-state index contributed by atoms with van der Waals surface area (Å²) in [5.74, 6) is -0.666. The molecule has 4 rings (SSSR count). The van der Waals surface area contributed by atoms with Crippen molar-refractivity contribution in [3.8, 4) is 23.1 Å². The van der Waals surface area contributed by atoms with Gasteiger partial charge >= 0.3 is 12.2 Å². The second-order valence-corrected chi connectivity index (χ2v) is 7.76. The van der Waals surface area contributed by atoms with Crippen LogP contribution in [0.3, 0.4) is 0 Å². The molecule has 1 heterocycles. The predicted molar refractivity (Wildman–Crippen MR) is 128 cm³/mol. The van der Waals surface area contributed by atoms with Crippen LogP contribution < -0.4 is 10.1 Å². The average molecular weight is 514 g/mol. The summed E-state index contributed by atoms with van der Waals surface area (Å²) in [6.07, 6.45) is -4.48. The highest BCUT2D eigenvalue weighted by atomic mass is 19.4. The van der Waals surface area contributed by atoms with Crippen molar-refractivity contribution in [1.82, 2.24) is 14.8 Å². The van der Waals surface area contributed by atoms with Crippen molar-refractivity contribution in [3.05, 3.63) is 89.7 Å². The zero-order valence-corrected chi connectivity index (χ0v) is 19.6. The molecule has 0 aliphatic rings. The van der Waals surface area contributed by atoms with Gasteiger partial charge in [0.15, 0.2) is 5.82 Å². The molecular formula is C26H22F4N4O3. The van der Waals surface area contributed by atoms with E-state index in [1.54, 1.807) is 24.3 Å². The van der Waals surface area contributed by atoms with Crippen molar-refractivity contribution in [2.45, 2.75) is 13.1 Å². The van der Waals surface area contributed by atoms with Crippen molar-refractivity contribution < 1.29 is 31.8 Å². The van der Waals surface area contributed by atoms with Gasteiger partial charge < -0.3 is 14.8 Å². The molecule has 0 atom stereocenters. The first kappa shape index (κ1) is 25.8. The summed E-state index contributed by atoms with van der Waals surface area (Å²) in [4.78, 5) is 16.9. The molecule has 11 heteroatoms. The number of nitrogens with one attached hydrogen (secondary N) is 1. The predicted octanol–water partition coefficient (Wildman–Crippen LogP) is 5.76. The minimum Gasteiger partial charge on any atom is -0.460 e. The number of rotatable bonds is 9. The highest BCUT2D eigenvalue weighted by molar-refractivity contribution is 6.04. The molecule has 192 valence electrons. The number of hydrogen-bond donors (Lipinski definition) is 1. The van der Waals surface area contributed by atoms with Gasteiger partial charge in [-0.25, -0.2) is 9.07 Å². The highest BCUT2D eigenvalue weighted by Crippen LogP contribution is 2.32. The molecule has 0 fully saturated rings. The highest BCUT2D eigenvalue weighted by Gasteiger charge is 2.30. The van der Waals surface area contributed by atoms with Gasteiger partial charge in [-0.3, -0.25) is 4.79 Å². The lowest BCUT2D eigenvalue weighted by Crippen LogP contribution is -2.12. The van der Waals surface area contributed by atoms with Gasteiger partial charge in [-0.05, 0) is 61.5 Å². The molecule has 4 aromatic rings. The van der Waals surface area contributed by atoms with E-state index in [4.69, 9.17) is 9.47 Å². The number of benzene rings is 3. The quantitative estimate of drug-likeness (QED) is 0.227. The maximum absolute atomic E-state index is 13.2. The number of anilines is 1. The topological polar surface area (TPSA) is 78.3 Å². The molecule has 0 saturated heterocycles. The first-order chi connectivity index (χ1) is 17.7. The number of carbonyl (C=O) groups is 1. The lowest BCUT2D eigenvalue weighted by molar-refractivity contribution is -0.137. The first-order valence-corrected chi connectivity index (χ1v) is 11.3. The zero-order valence-electron chi connectivity index (χ0n) is 19.6. The Balaban J connectivity index is 1.65. The Labute approximate surface area is 209 Å².